The number of amides is 1. The zero-order valence-corrected chi connectivity index (χ0v) is 20.5. The molecule has 0 radical (unpaired) electrons. The largest absolute Gasteiger partial charge is 0.348 e. The highest BCUT2D eigenvalue weighted by molar-refractivity contribution is 7.89. The lowest BCUT2D eigenvalue weighted by Gasteiger charge is -2.26. The van der Waals surface area contributed by atoms with E-state index in [0.717, 1.165) is 44.5 Å². The first-order chi connectivity index (χ1) is 15.9. The molecule has 4 rings (SSSR count). The number of likely N-dealkylation sites (tertiary alicyclic amines) is 1. The van der Waals surface area contributed by atoms with Crippen molar-refractivity contribution in [3.8, 4) is 0 Å². The summed E-state index contributed by atoms with van der Waals surface area (Å²) in [7, 11) is -3.72. The minimum Gasteiger partial charge on any atom is -0.348 e. The van der Waals surface area contributed by atoms with Gasteiger partial charge in [0.05, 0.1) is 5.02 Å². The Labute approximate surface area is 202 Å². The molecule has 6 nitrogen and oxygen atoms in total. The van der Waals surface area contributed by atoms with Crippen LogP contribution in [0.1, 0.15) is 60.0 Å². The molecular formula is C25H32ClN3O3S. The molecule has 2 aliphatic rings. The van der Waals surface area contributed by atoms with Gasteiger partial charge in [0, 0.05) is 31.7 Å². The highest BCUT2D eigenvalue weighted by Crippen LogP contribution is 2.28. The lowest BCUT2D eigenvalue weighted by atomic mass is 10.1. The van der Waals surface area contributed by atoms with Gasteiger partial charge in [-0.15, -0.1) is 0 Å². The molecule has 178 valence electrons. The molecule has 8 heteroatoms. The van der Waals surface area contributed by atoms with Crippen LogP contribution >= 0.6 is 11.6 Å². The van der Waals surface area contributed by atoms with E-state index in [2.05, 4.69) is 22.3 Å². The fourth-order valence-electron chi connectivity index (χ4n) is 4.58. The first-order valence-electron chi connectivity index (χ1n) is 11.8. The molecule has 33 heavy (non-hydrogen) atoms. The van der Waals surface area contributed by atoms with Crippen molar-refractivity contribution in [3.05, 3.63) is 64.2 Å². The summed E-state index contributed by atoms with van der Waals surface area (Å²) in [6, 6.07) is 12.7. The van der Waals surface area contributed by atoms with Crippen LogP contribution in [0.25, 0.3) is 0 Å². The minimum atomic E-state index is -3.72. The van der Waals surface area contributed by atoms with Crippen molar-refractivity contribution in [2.24, 2.45) is 0 Å². The van der Waals surface area contributed by atoms with Gasteiger partial charge in [-0.2, -0.15) is 4.31 Å². The number of benzene rings is 2. The number of hydrogen-bond acceptors (Lipinski definition) is 4. The molecule has 0 aliphatic carbocycles. The molecule has 2 heterocycles. The maximum atomic E-state index is 13.1. The third-order valence-electron chi connectivity index (χ3n) is 6.43. The number of nitrogens with one attached hydrogen (secondary N) is 1. The van der Waals surface area contributed by atoms with E-state index in [9.17, 15) is 13.2 Å². The Morgan fingerprint density at radius 1 is 0.879 bits per heavy atom. The quantitative estimate of drug-likeness (QED) is 0.624. The highest BCUT2D eigenvalue weighted by atomic mass is 35.5. The van der Waals surface area contributed by atoms with Gasteiger partial charge in [0.15, 0.2) is 0 Å². The van der Waals surface area contributed by atoms with Crippen molar-refractivity contribution >= 4 is 27.5 Å². The van der Waals surface area contributed by atoms with E-state index in [-0.39, 0.29) is 15.8 Å². The smallest absolute Gasteiger partial charge is 0.251 e. The van der Waals surface area contributed by atoms with Crippen LogP contribution in [0.3, 0.4) is 0 Å². The second-order valence-corrected chi connectivity index (χ2v) is 11.3. The van der Waals surface area contributed by atoms with Crippen LogP contribution in [0.15, 0.2) is 47.4 Å². The summed E-state index contributed by atoms with van der Waals surface area (Å²) in [5.74, 6) is -0.316. The van der Waals surface area contributed by atoms with Crippen molar-refractivity contribution < 1.29 is 13.2 Å². The molecule has 0 unspecified atom stereocenters. The van der Waals surface area contributed by atoms with Gasteiger partial charge in [-0.3, -0.25) is 9.69 Å². The monoisotopic (exact) mass is 489 g/mol. The lowest BCUT2D eigenvalue weighted by molar-refractivity contribution is 0.0950. The minimum absolute atomic E-state index is 0.00208. The standard InChI is InChI=1S/C25H32ClN3O3S/c26-23-11-10-22(17-24(23)33(31,32)29-14-5-2-6-15-29)25(30)27-18-20-8-7-9-21(16-20)19-28-12-3-1-4-13-28/h7-11,16-17H,1-6,12-15,18-19H2,(H,27,30). The van der Waals surface area contributed by atoms with Crippen LogP contribution in [0.4, 0.5) is 0 Å². The Kier molecular flexibility index (Phi) is 8.07. The predicted octanol–water partition coefficient (Wildman–Crippen LogP) is 4.43. The van der Waals surface area contributed by atoms with Crippen LogP contribution in [0.2, 0.25) is 5.02 Å². The van der Waals surface area contributed by atoms with Gasteiger partial charge in [0.2, 0.25) is 10.0 Å². The molecule has 0 atom stereocenters. The van der Waals surface area contributed by atoms with Crippen molar-refractivity contribution in [1.82, 2.24) is 14.5 Å². The van der Waals surface area contributed by atoms with E-state index >= 15 is 0 Å². The number of rotatable bonds is 7. The molecular weight excluding hydrogens is 458 g/mol. The molecule has 0 saturated carbocycles. The van der Waals surface area contributed by atoms with Crippen molar-refractivity contribution in [2.45, 2.75) is 56.5 Å². The Bertz CT molecular complexity index is 1080. The summed E-state index contributed by atoms with van der Waals surface area (Å²) in [5.41, 5.74) is 2.55. The van der Waals surface area contributed by atoms with Gasteiger partial charge < -0.3 is 5.32 Å². The number of halogens is 1. The summed E-state index contributed by atoms with van der Waals surface area (Å²) in [4.78, 5) is 15.3. The summed E-state index contributed by atoms with van der Waals surface area (Å²) >= 11 is 6.23. The Hall–Kier alpha value is -1.93. The molecule has 1 N–H and O–H groups in total. The SMILES string of the molecule is O=C(NCc1cccc(CN2CCCCC2)c1)c1ccc(Cl)c(S(=O)(=O)N2CCCCC2)c1. The average molecular weight is 490 g/mol. The van der Waals surface area contributed by atoms with E-state index in [4.69, 9.17) is 11.6 Å². The van der Waals surface area contributed by atoms with Crippen LogP contribution in [-0.4, -0.2) is 49.7 Å². The number of carbonyl (C=O) groups excluding carboxylic acids is 1. The molecule has 2 saturated heterocycles. The Balaban J connectivity index is 1.42. The Morgan fingerprint density at radius 2 is 1.55 bits per heavy atom. The van der Waals surface area contributed by atoms with Gasteiger partial charge >= 0.3 is 0 Å². The van der Waals surface area contributed by atoms with Gasteiger partial charge in [-0.25, -0.2) is 8.42 Å². The summed E-state index contributed by atoms with van der Waals surface area (Å²) < 4.78 is 27.6. The van der Waals surface area contributed by atoms with E-state index in [1.165, 1.54) is 41.3 Å². The topological polar surface area (TPSA) is 69.7 Å². The van der Waals surface area contributed by atoms with E-state index in [1.54, 1.807) is 6.07 Å². The number of sulfonamides is 1. The highest BCUT2D eigenvalue weighted by Gasteiger charge is 2.28. The lowest BCUT2D eigenvalue weighted by Crippen LogP contribution is -2.36. The normalized spacial score (nSPS) is 18.2. The zero-order valence-electron chi connectivity index (χ0n) is 18.9. The third-order valence-corrected chi connectivity index (χ3v) is 8.81. The van der Waals surface area contributed by atoms with Crippen molar-refractivity contribution in [2.75, 3.05) is 26.2 Å². The molecule has 1 amide bonds. The molecule has 2 aromatic carbocycles. The summed E-state index contributed by atoms with van der Waals surface area (Å²) in [6.45, 7) is 4.56. The fraction of sp³-hybridized carbons (Fsp3) is 0.480. The van der Waals surface area contributed by atoms with Crippen LogP contribution in [0.5, 0.6) is 0 Å². The second-order valence-electron chi connectivity index (χ2n) is 8.95. The van der Waals surface area contributed by atoms with Crippen molar-refractivity contribution in [1.29, 1.82) is 0 Å². The summed E-state index contributed by atoms with van der Waals surface area (Å²) in [5, 5.41) is 3.06. The zero-order chi connectivity index (χ0) is 23.3. The second kappa shape index (κ2) is 11.0. The number of nitrogens with zero attached hydrogens (tertiary/aromatic N) is 2. The molecule has 0 bridgehead atoms. The molecule has 0 aromatic heterocycles. The van der Waals surface area contributed by atoms with Crippen LogP contribution < -0.4 is 5.32 Å². The van der Waals surface area contributed by atoms with Crippen LogP contribution in [0, 0.1) is 0 Å². The fourth-order valence-corrected chi connectivity index (χ4v) is 6.60. The van der Waals surface area contributed by atoms with E-state index < -0.39 is 10.0 Å². The molecule has 0 spiro atoms. The number of piperidine rings is 2. The first kappa shape index (κ1) is 24.2. The average Bonchev–Trinajstić information content (AvgIpc) is 2.84. The molecule has 2 aromatic rings. The van der Waals surface area contributed by atoms with E-state index in [0.29, 0.717) is 25.2 Å². The number of carbonyl (C=O) groups is 1. The predicted molar refractivity (Wildman–Crippen MR) is 131 cm³/mol. The summed E-state index contributed by atoms with van der Waals surface area (Å²) in [6.07, 6.45) is 6.54. The number of hydrogen-bond donors (Lipinski definition) is 1. The third kappa shape index (κ3) is 6.15. The van der Waals surface area contributed by atoms with Crippen LogP contribution in [-0.2, 0) is 23.1 Å². The van der Waals surface area contributed by atoms with Crippen molar-refractivity contribution in [3.63, 3.8) is 0 Å². The molecule has 2 fully saturated rings. The maximum absolute atomic E-state index is 13.1. The van der Waals surface area contributed by atoms with Gasteiger partial charge in [-0.1, -0.05) is 48.7 Å². The first-order valence-corrected chi connectivity index (χ1v) is 13.6. The molecule has 2 aliphatic heterocycles. The van der Waals surface area contributed by atoms with E-state index in [1.807, 2.05) is 12.1 Å². The van der Waals surface area contributed by atoms with Gasteiger partial charge in [-0.05, 0) is 68.1 Å². The van der Waals surface area contributed by atoms with Gasteiger partial charge in [0.25, 0.3) is 5.91 Å². The Morgan fingerprint density at radius 3 is 2.27 bits per heavy atom. The maximum Gasteiger partial charge on any atom is 0.251 e. The van der Waals surface area contributed by atoms with Gasteiger partial charge in [0.1, 0.15) is 4.90 Å².